The van der Waals surface area contributed by atoms with Gasteiger partial charge in [0.2, 0.25) is 5.91 Å². The first-order chi connectivity index (χ1) is 9.85. The SMILES string of the molecule is N#Cc1cccc(NS(=O)(=O)N2CCC(C(N)=O)C2)c1F. The van der Waals surface area contributed by atoms with Crippen molar-refractivity contribution in [3.8, 4) is 6.07 Å². The summed E-state index contributed by atoms with van der Waals surface area (Å²) in [4.78, 5) is 11.1. The predicted octanol–water partition coefficient (Wildman–Crippen LogP) is 0.161. The minimum absolute atomic E-state index is 0.0375. The third-order valence-corrected chi connectivity index (χ3v) is 4.74. The summed E-state index contributed by atoms with van der Waals surface area (Å²) in [5.41, 5.74) is 4.57. The van der Waals surface area contributed by atoms with Crippen LogP contribution in [-0.2, 0) is 15.0 Å². The number of rotatable bonds is 4. The maximum absolute atomic E-state index is 13.9. The number of hydrogen-bond acceptors (Lipinski definition) is 4. The van der Waals surface area contributed by atoms with Crippen molar-refractivity contribution in [1.29, 1.82) is 5.26 Å². The highest BCUT2D eigenvalue weighted by molar-refractivity contribution is 7.90. The van der Waals surface area contributed by atoms with Gasteiger partial charge in [0.25, 0.3) is 0 Å². The van der Waals surface area contributed by atoms with Crippen LogP contribution in [0.1, 0.15) is 12.0 Å². The molecule has 1 aromatic rings. The molecule has 1 aromatic carbocycles. The molecule has 0 spiro atoms. The molecular weight excluding hydrogens is 299 g/mol. The molecule has 21 heavy (non-hydrogen) atoms. The molecule has 7 nitrogen and oxygen atoms in total. The maximum Gasteiger partial charge on any atom is 0.301 e. The minimum Gasteiger partial charge on any atom is -0.369 e. The van der Waals surface area contributed by atoms with E-state index in [4.69, 9.17) is 11.0 Å². The van der Waals surface area contributed by atoms with E-state index in [0.29, 0.717) is 6.42 Å². The molecule has 1 aliphatic rings. The van der Waals surface area contributed by atoms with E-state index >= 15 is 0 Å². The number of anilines is 1. The predicted molar refractivity (Wildman–Crippen MR) is 72.5 cm³/mol. The van der Waals surface area contributed by atoms with E-state index in [-0.39, 0.29) is 24.3 Å². The van der Waals surface area contributed by atoms with E-state index in [1.807, 2.05) is 0 Å². The number of carbonyl (C=O) groups excluding carboxylic acids is 1. The lowest BCUT2D eigenvalue weighted by molar-refractivity contribution is -0.121. The number of hydrogen-bond donors (Lipinski definition) is 2. The number of carbonyl (C=O) groups is 1. The number of amides is 1. The Hall–Kier alpha value is -2.18. The second kappa shape index (κ2) is 5.67. The van der Waals surface area contributed by atoms with E-state index in [1.54, 1.807) is 6.07 Å². The summed E-state index contributed by atoms with van der Waals surface area (Å²) in [6.07, 6.45) is 0.330. The average Bonchev–Trinajstić information content (AvgIpc) is 2.91. The summed E-state index contributed by atoms with van der Waals surface area (Å²) < 4.78 is 41.2. The largest absolute Gasteiger partial charge is 0.369 e. The molecule has 9 heteroatoms. The Kier molecular flexibility index (Phi) is 4.11. The number of nitrogens with two attached hydrogens (primary N) is 1. The number of benzene rings is 1. The van der Waals surface area contributed by atoms with Gasteiger partial charge in [0, 0.05) is 13.1 Å². The molecule has 1 atom stereocenters. The Bertz CT molecular complexity index is 714. The topological polar surface area (TPSA) is 116 Å². The van der Waals surface area contributed by atoms with Gasteiger partial charge in [0.1, 0.15) is 6.07 Å². The number of nitrogens with zero attached hydrogens (tertiary/aromatic N) is 2. The van der Waals surface area contributed by atoms with Crippen molar-refractivity contribution in [2.24, 2.45) is 11.7 Å². The second-order valence-corrected chi connectivity index (χ2v) is 6.30. The zero-order valence-corrected chi connectivity index (χ0v) is 11.7. The highest BCUT2D eigenvalue weighted by Crippen LogP contribution is 2.23. The molecule has 0 saturated carbocycles. The van der Waals surface area contributed by atoms with Gasteiger partial charge in [-0.3, -0.25) is 9.52 Å². The quantitative estimate of drug-likeness (QED) is 0.823. The van der Waals surface area contributed by atoms with E-state index in [1.165, 1.54) is 18.2 Å². The molecule has 2 rings (SSSR count). The molecule has 112 valence electrons. The molecular formula is C12H13FN4O3S. The third-order valence-electron chi connectivity index (χ3n) is 3.25. The maximum atomic E-state index is 13.9. The molecule has 1 aliphatic heterocycles. The number of nitriles is 1. The number of nitrogens with one attached hydrogen (secondary N) is 1. The van der Waals surface area contributed by atoms with Crippen LogP contribution in [0.25, 0.3) is 0 Å². The molecule has 1 saturated heterocycles. The summed E-state index contributed by atoms with van der Waals surface area (Å²) in [7, 11) is -4.00. The fourth-order valence-electron chi connectivity index (χ4n) is 2.08. The van der Waals surface area contributed by atoms with Crippen molar-refractivity contribution in [1.82, 2.24) is 4.31 Å². The Morgan fingerprint density at radius 3 is 2.81 bits per heavy atom. The molecule has 1 unspecified atom stereocenters. The lowest BCUT2D eigenvalue weighted by atomic mass is 10.1. The van der Waals surface area contributed by atoms with Gasteiger partial charge < -0.3 is 5.73 Å². The van der Waals surface area contributed by atoms with E-state index < -0.39 is 27.9 Å². The molecule has 0 radical (unpaired) electrons. The van der Waals surface area contributed by atoms with Gasteiger partial charge in [-0.2, -0.15) is 18.0 Å². The van der Waals surface area contributed by atoms with Crippen LogP contribution in [-0.4, -0.2) is 31.7 Å². The molecule has 1 amide bonds. The lowest BCUT2D eigenvalue weighted by Gasteiger charge is -2.17. The van der Waals surface area contributed by atoms with E-state index in [0.717, 1.165) is 4.31 Å². The van der Waals surface area contributed by atoms with E-state index in [2.05, 4.69) is 4.72 Å². The van der Waals surface area contributed by atoms with Crippen molar-refractivity contribution in [3.05, 3.63) is 29.6 Å². The zero-order valence-electron chi connectivity index (χ0n) is 10.9. The van der Waals surface area contributed by atoms with Gasteiger partial charge in [0.05, 0.1) is 17.2 Å². The monoisotopic (exact) mass is 312 g/mol. The molecule has 0 bridgehead atoms. The first-order valence-corrected chi connectivity index (χ1v) is 7.55. The highest BCUT2D eigenvalue weighted by Gasteiger charge is 2.34. The fourth-order valence-corrected chi connectivity index (χ4v) is 3.37. The van der Waals surface area contributed by atoms with Crippen LogP contribution in [0.4, 0.5) is 10.1 Å². The van der Waals surface area contributed by atoms with Gasteiger partial charge in [-0.15, -0.1) is 0 Å². The van der Waals surface area contributed by atoms with Crippen LogP contribution >= 0.6 is 0 Å². The van der Waals surface area contributed by atoms with Gasteiger partial charge in [0.15, 0.2) is 5.82 Å². The van der Waals surface area contributed by atoms with Gasteiger partial charge in [-0.25, -0.2) is 4.39 Å². The zero-order chi connectivity index (χ0) is 15.6. The van der Waals surface area contributed by atoms with Crippen molar-refractivity contribution in [3.63, 3.8) is 0 Å². The molecule has 3 N–H and O–H groups in total. The molecule has 0 aliphatic carbocycles. The summed E-state index contributed by atoms with van der Waals surface area (Å²) >= 11 is 0. The van der Waals surface area contributed by atoms with Crippen LogP contribution in [0, 0.1) is 23.1 Å². The van der Waals surface area contributed by atoms with Gasteiger partial charge in [-0.05, 0) is 18.6 Å². The smallest absolute Gasteiger partial charge is 0.301 e. The Balaban J connectivity index is 2.20. The van der Waals surface area contributed by atoms with Crippen molar-refractivity contribution in [2.75, 3.05) is 17.8 Å². The van der Waals surface area contributed by atoms with Crippen molar-refractivity contribution >= 4 is 21.8 Å². The Morgan fingerprint density at radius 2 is 2.24 bits per heavy atom. The number of primary amides is 1. The summed E-state index contributed by atoms with van der Waals surface area (Å²) in [5.74, 6) is -2.04. The van der Waals surface area contributed by atoms with Gasteiger partial charge >= 0.3 is 10.2 Å². The van der Waals surface area contributed by atoms with Crippen LogP contribution in [0.3, 0.4) is 0 Å². The van der Waals surface area contributed by atoms with E-state index in [9.17, 15) is 17.6 Å². The normalized spacial score (nSPS) is 19.1. The molecule has 1 heterocycles. The summed E-state index contributed by atoms with van der Waals surface area (Å²) in [6, 6.07) is 5.46. The summed E-state index contributed by atoms with van der Waals surface area (Å²) in [6.45, 7) is 0.0900. The summed E-state index contributed by atoms with van der Waals surface area (Å²) in [5, 5.41) is 8.72. The minimum atomic E-state index is -4.00. The fraction of sp³-hybridized carbons (Fsp3) is 0.333. The molecule has 1 fully saturated rings. The number of halogens is 1. The standard InChI is InChI=1S/C12H13FN4O3S/c13-11-8(6-14)2-1-3-10(11)16-21(19,20)17-5-4-9(7-17)12(15)18/h1-3,9,16H,4-5,7H2,(H2,15,18). The van der Waals surface area contributed by atoms with Crippen molar-refractivity contribution in [2.45, 2.75) is 6.42 Å². The second-order valence-electron chi connectivity index (χ2n) is 4.63. The van der Waals surface area contributed by atoms with Crippen LogP contribution in [0.5, 0.6) is 0 Å². The lowest BCUT2D eigenvalue weighted by Crippen LogP contribution is -2.36. The Morgan fingerprint density at radius 1 is 1.52 bits per heavy atom. The van der Waals surface area contributed by atoms with Crippen LogP contribution in [0.2, 0.25) is 0 Å². The first-order valence-electron chi connectivity index (χ1n) is 6.11. The van der Waals surface area contributed by atoms with Crippen LogP contribution in [0.15, 0.2) is 18.2 Å². The first kappa shape index (κ1) is 15.2. The van der Waals surface area contributed by atoms with Crippen LogP contribution < -0.4 is 10.5 Å². The van der Waals surface area contributed by atoms with Gasteiger partial charge in [-0.1, -0.05) is 6.07 Å². The third kappa shape index (κ3) is 3.12. The average molecular weight is 312 g/mol. The van der Waals surface area contributed by atoms with Crippen molar-refractivity contribution < 1.29 is 17.6 Å². The Labute approximate surface area is 121 Å². The molecule has 0 aromatic heterocycles. The highest BCUT2D eigenvalue weighted by atomic mass is 32.2.